The number of fused-ring (bicyclic) bond motifs is 1. The smallest absolute Gasteiger partial charge is 0.341 e. The second-order valence-corrected chi connectivity index (χ2v) is 9.32. The van der Waals surface area contributed by atoms with Crippen molar-refractivity contribution in [1.29, 1.82) is 0 Å². The molecule has 7 nitrogen and oxygen atoms in total. The van der Waals surface area contributed by atoms with E-state index in [1.807, 2.05) is 13.8 Å². The fraction of sp³-hybridized carbons (Fsp3) is 0.167. The minimum atomic E-state index is -0.440. The summed E-state index contributed by atoms with van der Waals surface area (Å²) in [5, 5.41) is 12.6. The molecule has 0 aliphatic heterocycles. The molecule has 0 bridgehead atoms. The lowest BCUT2D eigenvalue weighted by molar-refractivity contribution is 0.0527. The Kier molecular flexibility index (Phi) is 6.44. The van der Waals surface area contributed by atoms with E-state index in [-0.39, 0.29) is 18.3 Å². The quantitative estimate of drug-likeness (QED) is 0.275. The van der Waals surface area contributed by atoms with Crippen LogP contribution in [0.25, 0.3) is 16.6 Å². The Bertz CT molecular complexity index is 1460. The summed E-state index contributed by atoms with van der Waals surface area (Å²) in [6.45, 7) is 5.77. The first kappa shape index (κ1) is 22.9. The van der Waals surface area contributed by atoms with E-state index in [4.69, 9.17) is 4.74 Å². The zero-order chi connectivity index (χ0) is 23.7. The number of halogens is 1. The summed E-state index contributed by atoms with van der Waals surface area (Å²) in [4.78, 5) is 35.4. The fourth-order valence-electron chi connectivity index (χ4n) is 3.47. The van der Waals surface area contributed by atoms with Crippen LogP contribution in [0, 0.1) is 13.8 Å². The topological polar surface area (TPSA) is 93.8 Å². The van der Waals surface area contributed by atoms with Crippen molar-refractivity contribution in [2.75, 3.05) is 6.61 Å². The van der Waals surface area contributed by atoms with Gasteiger partial charge in [-0.05, 0) is 60.5 Å². The third kappa shape index (κ3) is 4.21. The fourth-order valence-corrected chi connectivity index (χ4v) is 4.69. The largest absolute Gasteiger partial charge is 0.494 e. The summed E-state index contributed by atoms with van der Waals surface area (Å²) in [7, 11) is 0. The van der Waals surface area contributed by atoms with Crippen LogP contribution in [0.3, 0.4) is 0 Å². The molecule has 0 amide bonds. The van der Waals surface area contributed by atoms with E-state index in [1.165, 1.54) is 17.6 Å². The van der Waals surface area contributed by atoms with Crippen molar-refractivity contribution in [3.8, 4) is 11.7 Å². The maximum absolute atomic E-state index is 13.2. The summed E-state index contributed by atoms with van der Waals surface area (Å²) in [5.41, 5.74) is 1.16. The first-order valence-electron chi connectivity index (χ1n) is 10.1. The number of aliphatic imine (C=N–C) groups is 1. The van der Waals surface area contributed by atoms with Gasteiger partial charge in [-0.25, -0.2) is 19.3 Å². The summed E-state index contributed by atoms with van der Waals surface area (Å²) < 4.78 is 7.09. The van der Waals surface area contributed by atoms with E-state index >= 15 is 0 Å². The van der Waals surface area contributed by atoms with Gasteiger partial charge in [-0.2, -0.15) is 0 Å². The molecule has 9 heteroatoms. The molecule has 0 spiro atoms. The zero-order valence-electron chi connectivity index (χ0n) is 18.1. The number of hydrogen-bond acceptors (Lipinski definition) is 7. The zero-order valence-corrected chi connectivity index (χ0v) is 20.5. The highest BCUT2D eigenvalue weighted by molar-refractivity contribution is 9.10. The van der Waals surface area contributed by atoms with Crippen molar-refractivity contribution in [3.05, 3.63) is 79.0 Å². The van der Waals surface area contributed by atoms with E-state index in [1.54, 1.807) is 49.5 Å². The summed E-state index contributed by atoms with van der Waals surface area (Å²) in [5.74, 6) is -0.458. The Morgan fingerprint density at radius 2 is 1.97 bits per heavy atom. The van der Waals surface area contributed by atoms with Gasteiger partial charge in [0.1, 0.15) is 10.8 Å². The van der Waals surface area contributed by atoms with Crippen molar-refractivity contribution in [1.82, 2.24) is 9.55 Å². The molecule has 0 aliphatic carbocycles. The number of aryl methyl sites for hydroxylation is 1. The first-order chi connectivity index (χ1) is 15.8. The predicted octanol–water partition coefficient (Wildman–Crippen LogP) is 5.46. The van der Waals surface area contributed by atoms with Crippen LogP contribution in [-0.4, -0.2) is 33.4 Å². The van der Waals surface area contributed by atoms with Crippen molar-refractivity contribution in [2.45, 2.75) is 20.8 Å². The lowest BCUT2D eigenvalue weighted by Crippen LogP contribution is -2.21. The average Bonchev–Trinajstić information content (AvgIpc) is 3.08. The molecule has 1 aromatic carbocycles. The Morgan fingerprint density at radius 1 is 1.24 bits per heavy atom. The third-order valence-corrected chi connectivity index (χ3v) is 6.79. The number of ether oxygens (including phenoxy) is 1. The predicted molar refractivity (Wildman–Crippen MR) is 134 cm³/mol. The molecule has 0 saturated carbocycles. The second-order valence-electron chi connectivity index (χ2n) is 7.20. The number of benzene rings is 1. The van der Waals surface area contributed by atoms with Crippen LogP contribution < -0.4 is 5.56 Å². The van der Waals surface area contributed by atoms with Crippen LogP contribution in [0.4, 0.5) is 5.00 Å². The molecular formula is C24H20BrN3O4S. The number of aromatic hydroxyl groups is 1. The van der Waals surface area contributed by atoms with Gasteiger partial charge >= 0.3 is 5.97 Å². The molecule has 3 aromatic heterocycles. The van der Waals surface area contributed by atoms with Crippen LogP contribution in [0.2, 0.25) is 0 Å². The van der Waals surface area contributed by atoms with Gasteiger partial charge in [0.25, 0.3) is 5.56 Å². The minimum Gasteiger partial charge on any atom is -0.494 e. The third-order valence-electron chi connectivity index (χ3n) is 5.20. The summed E-state index contributed by atoms with van der Waals surface area (Å²) in [6, 6.07) is 10.3. The number of aromatic nitrogens is 2. The molecule has 1 N–H and O–H groups in total. The number of rotatable bonds is 5. The van der Waals surface area contributed by atoms with Crippen LogP contribution in [0.5, 0.6) is 5.88 Å². The van der Waals surface area contributed by atoms with Gasteiger partial charge in [0.15, 0.2) is 0 Å². The van der Waals surface area contributed by atoms with Crippen molar-refractivity contribution < 1.29 is 14.6 Å². The summed E-state index contributed by atoms with van der Waals surface area (Å²) in [6.07, 6.45) is 3.02. The van der Waals surface area contributed by atoms with Crippen LogP contribution in [0.1, 0.15) is 33.3 Å². The van der Waals surface area contributed by atoms with E-state index in [9.17, 15) is 14.7 Å². The molecule has 0 saturated heterocycles. The van der Waals surface area contributed by atoms with Gasteiger partial charge in [0, 0.05) is 32.5 Å². The monoisotopic (exact) mass is 525 g/mol. The van der Waals surface area contributed by atoms with E-state index < -0.39 is 11.5 Å². The molecule has 0 fully saturated rings. The Balaban J connectivity index is 1.93. The van der Waals surface area contributed by atoms with Gasteiger partial charge in [-0.1, -0.05) is 18.2 Å². The Hall–Kier alpha value is -3.30. The summed E-state index contributed by atoms with van der Waals surface area (Å²) >= 11 is 4.69. The number of pyridine rings is 2. The molecule has 3 heterocycles. The highest BCUT2D eigenvalue weighted by atomic mass is 79.9. The van der Waals surface area contributed by atoms with Gasteiger partial charge < -0.3 is 9.84 Å². The van der Waals surface area contributed by atoms with Crippen LogP contribution in [0.15, 0.2) is 56.9 Å². The molecule has 0 unspecified atom stereocenters. The molecular weight excluding hydrogens is 506 g/mol. The molecule has 0 radical (unpaired) electrons. The van der Waals surface area contributed by atoms with Gasteiger partial charge in [-0.3, -0.25) is 4.79 Å². The lowest BCUT2D eigenvalue weighted by atomic mass is 10.1. The van der Waals surface area contributed by atoms with Crippen molar-refractivity contribution in [2.24, 2.45) is 4.99 Å². The molecule has 4 rings (SSSR count). The van der Waals surface area contributed by atoms with Gasteiger partial charge in [-0.15, -0.1) is 11.3 Å². The minimum absolute atomic E-state index is 0.257. The SMILES string of the molecule is CCOC(=O)c1c(/N=C/c2c(O)n(-c3ccc(Br)cn3)c(=O)c3ccccc23)sc(C)c1C. The second kappa shape index (κ2) is 9.29. The van der Waals surface area contributed by atoms with E-state index in [0.717, 1.165) is 19.5 Å². The highest BCUT2D eigenvalue weighted by Gasteiger charge is 2.21. The molecule has 0 atom stereocenters. The molecule has 0 aliphatic rings. The first-order valence-corrected chi connectivity index (χ1v) is 11.7. The number of carbonyl (C=O) groups is 1. The number of carbonyl (C=O) groups excluding carboxylic acids is 1. The Morgan fingerprint density at radius 3 is 2.64 bits per heavy atom. The molecule has 33 heavy (non-hydrogen) atoms. The molecule has 168 valence electrons. The van der Waals surface area contributed by atoms with Gasteiger partial charge in [0.2, 0.25) is 5.88 Å². The number of hydrogen-bond donors (Lipinski definition) is 1. The van der Waals surface area contributed by atoms with E-state index in [2.05, 4.69) is 25.9 Å². The Labute approximate surface area is 202 Å². The lowest BCUT2D eigenvalue weighted by Gasteiger charge is -2.13. The van der Waals surface area contributed by atoms with Crippen molar-refractivity contribution in [3.63, 3.8) is 0 Å². The molecule has 4 aromatic rings. The van der Waals surface area contributed by atoms with Crippen LogP contribution in [-0.2, 0) is 4.74 Å². The van der Waals surface area contributed by atoms with Crippen LogP contribution >= 0.6 is 27.3 Å². The number of nitrogens with zero attached hydrogens (tertiary/aromatic N) is 3. The number of thiophene rings is 1. The van der Waals surface area contributed by atoms with E-state index in [0.29, 0.717) is 26.9 Å². The maximum Gasteiger partial charge on any atom is 0.341 e. The van der Waals surface area contributed by atoms with Gasteiger partial charge in [0.05, 0.1) is 17.7 Å². The number of esters is 1. The maximum atomic E-state index is 13.2. The average molecular weight is 526 g/mol. The normalized spacial score (nSPS) is 11.4. The highest BCUT2D eigenvalue weighted by Crippen LogP contribution is 2.36. The van der Waals surface area contributed by atoms with Crippen molar-refractivity contribution >= 4 is 55.2 Å². The standard InChI is InChI=1S/C24H20BrN3O4S/c1-4-32-24(31)20-13(2)14(3)33-21(20)27-12-18-16-7-5-6-8-17(16)22(29)28(23(18)30)19-10-9-15(25)11-26-19/h5-12,30H,4H2,1-3H3/b27-12+.